The Labute approximate surface area is 138 Å². The Morgan fingerprint density at radius 1 is 1.12 bits per heavy atom. The van der Waals surface area contributed by atoms with E-state index in [4.69, 9.17) is 4.74 Å². The zero-order valence-corrected chi connectivity index (χ0v) is 13.0. The van der Waals surface area contributed by atoms with Gasteiger partial charge in [-0.2, -0.15) is 0 Å². The van der Waals surface area contributed by atoms with Gasteiger partial charge in [-0.05, 0) is 42.0 Å². The molecule has 2 N–H and O–H groups in total. The van der Waals surface area contributed by atoms with Gasteiger partial charge < -0.3 is 10.1 Å². The number of anilines is 1. The van der Waals surface area contributed by atoms with E-state index in [-0.39, 0.29) is 11.4 Å². The number of benzene rings is 2. The van der Waals surface area contributed by atoms with Crippen LogP contribution in [0.15, 0.2) is 59.4 Å². The number of nitrogens with zero attached hydrogens (tertiary/aromatic N) is 1. The normalized spacial score (nSPS) is 10.4. The number of ether oxygens (including phenoxy) is 1. The van der Waals surface area contributed by atoms with Crippen molar-refractivity contribution in [3.8, 4) is 17.0 Å². The standard InChI is InChI=1S/C18H16FN3O2/c1-24-15-8-4-13(5-9-15)16-10-17(23)22-18(21-16)20-11-12-2-6-14(19)7-3-12/h2-10H,11H2,1H3,(H2,20,21,22,23). The Bertz CT molecular complexity index is 874. The maximum Gasteiger partial charge on any atom is 0.252 e. The summed E-state index contributed by atoms with van der Waals surface area (Å²) >= 11 is 0. The van der Waals surface area contributed by atoms with Crippen molar-refractivity contribution < 1.29 is 9.13 Å². The van der Waals surface area contributed by atoms with Crippen LogP contribution in [-0.4, -0.2) is 17.1 Å². The van der Waals surface area contributed by atoms with E-state index in [2.05, 4.69) is 15.3 Å². The molecule has 0 bridgehead atoms. The van der Waals surface area contributed by atoms with Crippen LogP contribution in [0, 0.1) is 5.82 Å². The van der Waals surface area contributed by atoms with E-state index in [1.54, 1.807) is 19.2 Å². The van der Waals surface area contributed by atoms with Crippen LogP contribution < -0.4 is 15.6 Å². The first kappa shape index (κ1) is 15.7. The lowest BCUT2D eigenvalue weighted by atomic mass is 10.1. The molecule has 0 atom stereocenters. The first-order valence-corrected chi connectivity index (χ1v) is 7.38. The fourth-order valence-corrected chi connectivity index (χ4v) is 2.24. The molecule has 3 rings (SSSR count). The summed E-state index contributed by atoms with van der Waals surface area (Å²) in [4.78, 5) is 18.9. The van der Waals surface area contributed by atoms with Crippen molar-refractivity contribution >= 4 is 5.95 Å². The van der Waals surface area contributed by atoms with Gasteiger partial charge in [0.15, 0.2) is 0 Å². The molecule has 5 nitrogen and oxygen atoms in total. The van der Waals surface area contributed by atoms with Crippen LogP contribution in [0.5, 0.6) is 5.75 Å². The van der Waals surface area contributed by atoms with Gasteiger partial charge in [0.05, 0.1) is 12.8 Å². The predicted octanol–water partition coefficient (Wildman–Crippen LogP) is 3.20. The third-order valence-corrected chi connectivity index (χ3v) is 3.50. The number of aromatic amines is 1. The quantitative estimate of drug-likeness (QED) is 0.756. The lowest BCUT2D eigenvalue weighted by Crippen LogP contribution is -2.12. The first-order valence-electron chi connectivity index (χ1n) is 7.38. The molecule has 0 amide bonds. The first-order chi connectivity index (χ1) is 11.6. The van der Waals surface area contributed by atoms with Gasteiger partial charge in [0, 0.05) is 18.2 Å². The van der Waals surface area contributed by atoms with Gasteiger partial charge in [-0.1, -0.05) is 12.1 Å². The van der Waals surface area contributed by atoms with Crippen LogP contribution in [-0.2, 0) is 6.54 Å². The maximum absolute atomic E-state index is 12.9. The molecule has 122 valence electrons. The summed E-state index contributed by atoms with van der Waals surface area (Å²) in [5.41, 5.74) is 2.00. The number of H-pyrrole nitrogens is 1. The molecule has 0 saturated carbocycles. The van der Waals surface area contributed by atoms with Crippen molar-refractivity contribution in [1.29, 1.82) is 0 Å². The maximum atomic E-state index is 12.9. The molecular weight excluding hydrogens is 309 g/mol. The highest BCUT2D eigenvalue weighted by molar-refractivity contribution is 5.60. The van der Waals surface area contributed by atoms with E-state index in [1.165, 1.54) is 18.2 Å². The van der Waals surface area contributed by atoms with E-state index in [0.29, 0.717) is 18.2 Å². The van der Waals surface area contributed by atoms with Crippen LogP contribution in [0.4, 0.5) is 10.3 Å². The molecule has 0 aliphatic carbocycles. The van der Waals surface area contributed by atoms with Crippen molar-refractivity contribution in [1.82, 2.24) is 9.97 Å². The van der Waals surface area contributed by atoms with Crippen molar-refractivity contribution in [2.45, 2.75) is 6.54 Å². The van der Waals surface area contributed by atoms with Gasteiger partial charge in [0.1, 0.15) is 11.6 Å². The third kappa shape index (κ3) is 3.78. The second-order valence-electron chi connectivity index (χ2n) is 5.19. The fraction of sp³-hybridized carbons (Fsp3) is 0.111. The second-order valence-corrected chi connectivity index (χ2v) is 5.19. The molecule has 1 heterocycles. The summed E-state index contributed by atoms with van der Waals surface area (Å²) in [6, 6.07) is 14.9. The molecule has 0 aliphatic rings. The minimum absolute atomic E-state index is 0.252. The van der Waals surface area contributed by atoms with E-state index in [1.807, 2.05) is 24.3 Å². The van der Waals surface area contributed by atoms with Gasteiger partial charge in [-0.25, -0.2) is 9.37 Å². The summed E-state index contributed by atoms with van der Waals surface area (Å²) < 4.78 is 18.0. The molecule has 1 aromatic heterocycles. The molecular formula is C18H16FN3O2. The van der Waals surface area contributed by atoms with Crippen LogP contribution in [0.1, 0.15) is 5.56 Å². The molecule has 24 heavy (non-hydrogen) atoms. The molecule has 0 saturated heterocycles. The molecule has 2 aromatic carbocycles. The smallest absolute Gasteiger partial charge is 0.252 e. The summed E-state index contributed by atoms with van der Waals surface area (Å²) in [7, 11) is 1.60. The molecule has 0 unspecified atom stereocenters. The minimum atomic E-state index is -0.285. The highest BCUT2D eigenvalue weighted by Gasteiger charge is 2.05. The monoisotopic (exact) mass is 325 g/mol. The van der Waals surface area contributed by atoms with E-state index in [0.717, 1.165) is 16.9 Å². The number of rotatable bonds is 5. The average Bonchev–Trinajstić information content (AvgIpc) is 2.61. The number of methoxy groups -OCH3 is 1. The van der Waals surface area contributed by atoms with Crippen molar-refractivity contribution in [3.63, 3.8) is 0 Å². The Morgan fingerprint density at radius 3 is 2.50 bits per heavy atom. The Kier molecular flexibility index (Phi) is 4.56. The molecule has 0 radical (unpaired) electrons. The van der Waals surface area contributed by atoms with Crippen LogP contribution in [0.3, 0.4) is 0 Å². The van der Waals surface area contributed by atoms with Crippen molar-refractivity contribution in [2.75, 3.05) is 12.4 Å². The number of hydrogen-bond donors (Lipinski definition) is 2. The molecule has 3 aromatic rings. The number of halogens is 1. The average molecular weight is 325 g/mol. The molecule has 6 heteroatoms. The number of hydrogen-bond acceptors (Lipinski definition) is 4. The van der Waals surface area contributed by atoms with Crippen molar-refractivity contribution in [3.05, 3.63) is 76.3 Å². The van der Waals surface area contributed by atoms with Gasteiger partial charge in [-0.15, -0.1) is 0 Å². The van der Waals surface area contributed by atoms with Gasteiger partial charge in [0.25, 0.3) is 5.56 Å². The largest absolute Gasteiger partial charge is 0.497 e. The summed E-state index contributed by atoms with van der Waals surface area (Å²) in [6.07, 6.45) is 0. The Balaban J connectivity index is 1.80. The molecule has 0 aliphatic heterocycles. The summed E-state index contributed by atoms with van der Waals surface area (Å²) in [6.45, 7) is 0.426. The number of aromatic nitrogens is 2. The Morgan fingerprint density at radius 2 is 1.83 bits per heavy atom. The summed E-state index contributed by atoms with van der Waals surface area (Å²) in [5, 5.41) is 3.04. The van der Waals surface area contributed by atoms with Gasteiger partial charge in [-0.3, -0.25) is 9.78 Å². The lowest BCUT2D eigenvalue weighted by molar-refractivity contribution is 0.415. The zero-order chi connectivity index (χ0) is 16.9. The predicted molar refractivity (Wildman–Crippen MR) is 90.6 cm³/mol. The summed E-state index contributed by atoms with van der Waals surface area (Å²) in [5.74, 6) is 0.808. The highest BCUT2D eigenvalue weighted by atomic mass is 19.1. The Hall–Kier alpha value is -3.15. The topological polar surface area (TPSA) is 67.0 Å². The van der Waals surface area contributed by atoms with E-state index < -0.39 is 0 Å². The zero-order valence-electron chi connectivity index (χ0n) is 13.0. The number of nitrogens with one attached hydrogen (secondary N) is 2. The second kappa shape index (κ2) is 6.95. The molecule has 0 spiro atoms. The SMILES string of the molecule is COc1ccc(-c2cc(=O)[nH]c(NCc3ccc(F)cc3)n2)cc1. The van der Waals surface area contributed by atoms with Gasteiger partial charge >= 0.3 is 0 Å². The van der Waals surface area contributed by atoms with E-state index >= 15 is 0 Å². The third-order valence-electron chi connectivity index (χ3n) is 3.50. The fourth-order valence-electron chi connectivity index (χ4n) is 2.24. The highest BCUT2D eigenvalue weighted by Crippen LogP contribution is 2.20. The van der Waals surface area contributed by atoms with Gasteiger partial charge in [0.2, 0.25) is 5.95 Å². The van der Waals surface area contributed by atoms with E-state index in [9.17, 15) is 9.18 Å². The minimum Gasteiger partial charge on any atom is -0.497 e. The van der Waals surface area contributed by atoms with Crippen LogP contribution in [0.2, 0.25) is 0 Å². The van der Waals surface area contributed by atoms with Crippen LogP contribution >= 0.6 is 0 Å². The molecule has 0 fully saturated rings. The van der Waals surface area contributed by atoms with Crippen molar-refractivity contribution in [2.24, 2.45) is 0 Å². The lowest BCUT2D eigenvalue weighted by Gasteiger charge is -2.08. The van der Waals surface area contributed by atoms with Crippen LogP contribution in [0.25, 0.3) is 11.3 Å².